The van der Waals surface area contributed by atoms with Gasteiger partial charge in [0.1, 0.15) is 5.82 Å². The maximum absolute atomic E-state index is 12.7. The average molecular weight is 239 g/mol. The summed E-state index contributed by atoms with van der Waals surface area (Å²) in [7, 11) is 2.01. The van der Waals surface area contributed by atoms with Gasteiger partial charge >= 0.3 is 0 Å². The summed E-state index contributed by atoms with van der Waals surface area (Å²) in [5, 5.41) is 10.1. The molecule has 0 radical (unpaired) electrons. The second-order valence-electron chi connectivity index (χ2n) is 4.57. The van der Waals surface area contributed by atoms with E-state index in [1.807, 2.05) is 7.05 Å². The smallest absolute Gasteiger partial charge is 0.123 e. The number of likely N-dealkylation sites (N-methyl/N-ethyl adjacent to an activating group) is 1. The number of rotatable bonds is 3. The molecular formula is C13H18FNO2. The van der Waals surface area contributed by atoms with Crippen LogP contribution in [0.2, 0.25) is 0 Å². The predicted molar refractivity (Wildman–Crippen MR) is 63.3 cm³/mol. The Morgan fingerprint density at radius 1 is 1.47 bits per heavy atom. The molecule has 0 saturated carbocycles. The Labute approximate surface area is 101 Å². The van der Waals surface area contributed by atoms with Crippen molar-refractivity contribution in [2.24, 2.45) is 0 Å². The second-order valence-corrected chi connectivity index (χ2v) is 4.57. The molecule has 1 aliphatic heterocycles. The highest BCUT2D eigenvalue weighted by Gasteiger charge is 2.25. The molecule has 1 heterocycles. The van der Waals surface area contributed by atoms with Crippen LogP contribution in [0, 0.1) is 5.82 Å². The van der Waals surface area contributed by atoms with Gasteiger partial charge in [-0.3, -0.25) is 0 Å². The summed E-state index contributed by atoms with van der Waals surface area (Å²) in [6.07, 6.45) is -0.194. The van der Waals surface area contributed by atoms with Crippen molar-refractivity contribution in [3.63, 3.8) is 0 Å². The van der Waals surface area contributed by atoms with E-state index in [9.17, 15) is 9.50 Å². The van der Waals surface area contributed by atoms with Gasteiger partial charge in [-0.2, -0.15) is 0 Å². The molecule has 0 aliphatic carbocycles. The summed E-state index contributed by atoms with van der Waals surface area (Å²) >= 11 is 0. The lowest BCUT2D eigenvalue weighted by Crippen LogP contribution is -2.46. The first-order valence-electron chi connectivity index (χ1n) is 5.88. The third kappa shape index (κ3) is 3.49. The highest BCUT2D eigenvalue weighted by Crippen LogP contribution is 2.13. The van der Waals surface area contributed by atoms with Crippen molar-refractivity contribution in [1.82, 2.24) is 4.90 Å². The summed E-state index contributed by atoms with van der Waals surface area (Å²) in [5.74, 6) is -0.253. The Hall–Kier alpha value is -0.970. The predicted octanol–water partition coefficient (Wildman–Crippen LogP) is 1.06. The Morgan fingerprint density at radius 2 is 2.18 bits per heavy atom. The molecule has 1 saturated heterocycles. The zero-order valence-electron chi connectivity index (χ0n) is 9.97. The van der Waals surface area contributed by atoms with E-state index >= 15 is 0 Å². The van der Waals surface area contributed by atoms with E-state index in [0.29, 0.717) is 13.0 Å². The van der Waals surface area contributed by atoms with Crippen LogP contribution < -0.4 is 0 Å². The van der Waals surface area contributed by atoms with Crippen molar-refractivity contribution in [2.75, 3.05) is 26.7 Å². The van der Waals surface area contributed by atoms with Crippen LogP contribution in [0.5, 0.6) is 0 Å². The molecule has 17 heavy (non-hydrogen) atoms. The molecule has 0 bridgehead atoms. The molecule has 1 fully saturated rings. The second kappa shape index (κ2) is 5.58. The SMILES string of the molecule is CN1CCOC(C(O)Cc2ccc(F)cc2)C1. The lowest BCUT2D eigenvalue weighted by molar-refractivity contribution is -0.0823. The van der Waals surface area contributed by atoms with Gasteiger partial charge in [-0.1, -0.05) is 12.1 Å². The van der Waals surface area contributed by atoms with Gasteiger partial charge in [-0.25, -0.2) is 4.39 Å². The molecule has 1 aliphatic rings. The number of morpholine rings is 1. The van der Waals surface area contributed by atoms with Gasteiger partial charge in [0.25, 0.3) is 0 Å². The van der Waals surface area contributed by atoms with Gasteiger partial charge < -0.3 is 14.7 Å². The quantitative estimate of drug-likeness (QED) is 0.856. The Morgan fingerprint density at radius 3 is 2.82 bits per heavy atom. The number of halogens is 1. The van der Waals surface area contributed by atoms with Gasteiger partial charge in [-0.15, -0.1) is 0 Å². The molecule has 0 spiro atoms. The van der Waals surface area contributed by atoms with Gasteiger partial charge in [0.15, 0.2) is 0 Å². The molecule has 2 atom stereocenters. The van der Waals surface area contributed by atoms with Gasteiger partial charge in [-0.05, 0) is 24.7 Å². The van der Waals surface area contributed by atoms with Gasteiger partial charge in [0.05, 0.1) is 18.8 Å². The number of aliphatic hydroxyl groups excluding tert-OH is 1. The van der Waals surface area contributed by atoms with Crippen molar-refractivity contribution in [3.8, 4) is 0 Å². The maximum Gasteiger partial charge on any atom is 0.123 e. The fourth-order valence-corrected chi connectivity index (χ4v) is 2.04. The number of aliphatic hydroxyl groups is 1. The van der Waals surface area contributed by atoms with E-state index in [1.165, 1.54) is 12.1 Å². The van der Waals surface area contributed by atoms with E-state index in [-0.39, 0.29) is 11.9 Å². The summed E-state index contributed by atoms with van der Waals surface area (Å²) in [5.41, 5.74) is 0.927. The molecule has 94 valence electrons. The average Bonchev–Trinajstić information content (AvgIpc) is 2.32. The number of nitrogens with zero attached hydrogens (tertiary/aromatic N) is 1. The van der Waals surface area contributed by atoms with Crippen LogP contribution in [-0.4, -0.2) is 49.0 Å². The van der Waals surface area contributed by atoms with E-state index in [1.54, 1.807) is 12.1 Å². The molecule has 3 nitrogen and oxygen atoms in total. The van der Waals surface area contributed by atoms with Crippen molar-refractivity contribution in [1.29, 1.82) is 0 Å². The van der Waals surface area contributed by atoms with Crippen LogP contribution in [-0.2, 0) is 11.2 Å². The monoisotopic (exact) mass is 239 g/mol. The minimum absolute atomic E-state index is 0.154. The molecule has 4 heteroatoms. The van der Waals surface area contributed by atoms with Gasteiger partial charge in [0, 0.05) is 19.5 Å². The van der Waals surface area contributed by atoms with E-state index in [0.717, 1.165) is 18.7 Å². The van der Waals surface area contributed by atoms with Crippen molar-refractivity contribution >= 4 is 0 Å². The fraction of sp³-hybridized carbons (Fsp3) is 0.538. The summed E-state index contributed by atoms with van der Waals surface area (Å²) in [4.78, 5) is 2.14. The number of ether oxygens (including phenoxy) is 1. The molecule has 0 amide bonds. The molecule has 2 rings (SSSR count). The third-order valence-electron chi connectivity index (χ3n) is 3.08. The zero-order chi connectivity index (χ0) is 12.3. The topological polar surface area (TPSA) is 32.7 Å². The number of hydrogen-bond donors (Lipinski definition) is 1. The molecule has 1 aromatic carbocycles. The summed E-state index contributed by atoms with van der Waals surface area (Å²) in [6.45, 7) is 2.30. The van der Waals surface area contributed by atoms with Crippen LogP contribution in [0.25, 0.3) is 0 Å². The summed E-state index contributed by atoms with van der Waals surface area (Å²) < 4.78 is 18.3. The minimum Gasteiger partial charge on any atom is -0.390 e. The normalized spacial score (nSPS) is 23.6. The largest absolute Gasteiger partial charge is 0.390 e. The molecule has 1 N–H and O–H groups in total. The first-order chi connectivity index (χ1) is 8.15. The van der Waals surface area contributed by atoms with Crippen molar-refractivity contribution in [2.45, 2.75) is 18.6 Å². The van der Waals surface area contributed by atoms with Crippen LogP contribution in [0.1, 0.15) is 5.56 Å². The van der Waals surface area contributed by atoms with E-state index in [4.69, 9.17) is 4.74 Å². The Bertz CT molecular complexity index is 355. The molecule has 0 aromatic heterocycles. The lowest BCUT2D eigenvalue weighted by Gasteiger charge is -2.33. The first kappa shape index (κ1) is 12.5. The van der Waals surface area contributed by atoms with Crippen LogP contribution >= 0.6 is 0 Å². The first-order valence-corrected chi connectivity index (χ1v) is 5.88. The Kier molecular flexibility index (Phi) is 4.10. The number of benzene rings is 1. The molecule has 1 aromatic rings. The zero-order valence-corrected chi connectivity index (χ0v) is 9.97. The van der Waals surface area contributed by atoms with Crippen LogP contribution in [0.15, 0.2) is 24.3 Å². The minimum atomic E-state index is -0.539. The van der Waals surface area contributed by atoms with Crippen molar-refractivity contribution < 1.29 is 14.2 Å². The van der Waals surface area contributed by atoms with Gasteiger partial charge in [0.2, 0.25) is 0 Å². The Balaban J connectivity index is 1.91. The lowest BCUT2D eigenvalue weighted by atomic mass is 10.0. The highest BCUT2D eigenvalue weighted by molar-refractivity contribution is 5.17. The summed E-state index contributed by atoms with van der Waals surface area (Å²) in [6, 6.07) is 6.22. The third-order valence-corrected chi connectivity index (χ3v) is 3.08. The molecule has 2 unspecified atom stereocenters. The highest BCUT2D eigenvalue weighted by atomic mass is 19.1. The van der Waals surface area contributed by atoms with E-state index in [2.05, 4.69) is 4.90 Å². The molecular weight excluding hydrogens is 221 g/mol. The maximum atomic E-state index is 12.7. The van der Waals surface area contributed by atoms with E-state index < -0.39 is 6.10 Å². The van der Waals surface area contributed by atoms with Crippen LogP contribution in [0.4, 0.5) is 4.39 Å². The van der Waals surface area contributed by atoms with Crippen LogP contribution in [0.3, 0.4) is 0 Å². The number of hydrogen-bond acceptors (Lipinski definition) is 3. The van der Waals surface area contributed by atoms with Crippen molar-refractivity contribution in [3.05, 3.63) is 35.6 Å². The fourth-order valence-electron chi connectivity index (χ4n) is 2.04. The standard InChI is InChI=1S/C13H18FNO2/c1-15-6-7-17-13(9-15)12(16)8-10-2-4-11(14)5-3-10/h2-5,12-13,16H,6-9H2,1H3.